The number of fused-ring (bicyclic) bond motifs is 3. The van der Waals surface area contributed by atoms with Crippen LogP contribution in [0.5, 0.6) is 5.75 Å². The summed E-state index contributed by atoms with van der Waals surface area (Å²) in [5.74, 6) is 0.372. The van der Waals surface area contributed by atoms with Gasteiger partial charge in [0.05, 0.1) is 33.2 Å². The predicted molar refractivity (Wildman–Crippen MR) is 129 cm³/mol. The van der Waals surface area contributed by atoms with Gasteiger partial charge in [-0.3, -0.25) is 4.79 Å². The second-order valence-corrected chi connectivity index (χ2v) is 9.46. The van der Waals surface area contributed by atoms with Crippen molar-refractivity contribution in [2.75, 3.05) is 13.2 Å². The van der Waals surface area contributed by atoms with Crippen LogP contribution in [-0.2, 0) is 16.1 Å². The highest BCUT2D eigenvalue weighted by molar-refractivity contribution is 6.45. The van der Waals surface area contributed by atoms with Crippen molar-refractivity contribution in [1.29, 1.82) is 5.26 Å². The fourth-order valence-corrected chi connectivity index (χ4v) is 5.55. The summed E-state index contributed by atoms with van der Waals surface area (Å²) in [6, 6.07) is 3.47. The number of benzene rings is 1. The molecule has 2 aromatic heterocycles. The second kappa shape index (κ2) is 9.49. The average Bonchev–Trinajstić information content (AvgIpc) is 3.44. The molecular formula is C24H25Cl2N5O3. The van der Waals surface area contributed by atoms with Crippen molar-refractivity contribution in [2.24, 2.45) is 0 Å². The number of ether oxygens (including phenoxy) is 2. The summed E-state index contributed by atoms with van der Waals surface area (Å²) in [7, 11) is 0. The van der Waals surface area contributed by atoms with Crippen molar-refractivity contribution in [3.05, 3.63) is 34.2 Å². The summed E-state index contributed by atoms with van der Waals surface area (Å²) >= 11 is 13.2. The molecule has 0 spiro atoms. The van der Waals surface area contributed by atoms with E-state index in [-0.39, 0.29) is 24.8 Å². The van der Waals surface area contributed by atoms with Gasteiger partial charge in [0.1, 0.15) is 18.0 Å². The van der Waals surface area contributed by atoms with Gasteiger partial charge in [0, 0.05) is 49.2 Å². The molecule has 34 heavy (non-hydrogen) atoms. The molecule has 8 nitrogen and oxygen atoms in total. The third-order valence-electron chi connectivity index (χ3n) is 6.44. The van der Waals surface area contributed by atoms with Gasteiger partial charge < -0.3 is 19.4 Å². The molecule has 2 unspecified atom stereocenters. The van der Waals surface area contributed by atoms with Gasteiger partial charge in [-0.2, -0.15) is 10.4 Å². The smallest absolute Gasteiger partial charge is 0.217 e. The summed E-state index contributed by atoms with van der Waals surface area (Å²) < 4.78 is 15.7. The Morgan fingerprint density at radius 1 is 1.35 bits per heavy atom. The maximum absolute atomic E-state index is 12.1. The Hall–Kier alpha value is -2.73. The van der Waals surface area contributed by atoms with Crippen LogP contribution in [0.4, 0.5) is 0 Å². The number of nitrogens with zero attached hydrogens (tertiary/aromatic N) is 4. The lowest BCUT2D eigenvalue weighted by atomic mass is 9.96. The quantitative estimate of drug-likeness (QED) is 0.505. The van der Waals surface area contributed by atoms with Crippen LogP contribution in [0, 0.1) is 11.3 Å². The van der Waals surface area contributed by atoms with E-state index in [1.54, 1.807) is 6.07 Å². The first-order valence-corrected chi connectivity index (χ1v) is 12.2. The zero-order chi connectivity index (χ0) is 23.8. The Morgan fingerprint density at radius 3 is 2.94 bits per heavy atom. The number of rotatable bonds is 5. The zero-order valence-corrected chi connectivity index (χ0v) is 20.3. The van der Waals surface area contributed by atoms with Gasteiger partial charge in [0.25, 0.3) is 0 Å². The minimum atomic E-state index is -0.207. The zero-order valence-electron chi connectivity index (χ0n) is 18.8. The van der Waals surface area contributed by atoms with Crippen LogP contribution >= 0.6 is 23.2 Å². The molecule has 0 radical (unpaired) electrons. The highest BCUT2D eigenvalue weighted by Crippen LogP contribution is 2.49. The third kappa shape index (κ3) is 4.02. The molecule has 1 amide bonds. The van der Waals surface area contributed by atoms with E-state index in [4.69, 9.17) is 37.9 Å². The van der Waals surface area contributed by atoms with Crippen LogP contribution in [0.1, 0.15) is 57.0 Å². The topological polar surface area (TPSA) is 94.1 Å². The molecular weight excluding hydrogens is 477 g/mol. The largest absolute Gasteiger partial charge is 0.478 e. The molecule has 0 aliphatic carbocycles. The molecule has 178 valence electrons. The van der Waals surface area contributed by atoms with E-state index in [0.717, 1.165) is 73.0 Å². The van der Waals surface area contributed by atoms with Crippen LogP contribution in [0.15, 0.2) is 18.5 Å². The van der Waals surface area contributed by atoms with Crippen molar-refractivity contribution in [3.8, 4) is 22.9 Å². The number of halogens is 2. The van der Waals surface area contributed by atoms with E-state index in [2.05, 4.69) is 15.0 Å². The molecule has 1 aromatic carbocycles. The van der Waals surface area contributed by atoms with Gasteiger partial charge >= 0.3 is 0 Å². The molecule has 0 saturated carbocycles. The molecule has 10 heteroatoms. The number of amides is 1. The van der Waals surface area contributed by atoms with Crippen LogP contribution in [-0.4, -0.2) is 33.5 Å². The standard InChI is InChI=1S/C24H25Cl2N5O3/c1-14(32)29-17-5-4-8-30-23(17)20(15-12-28-31(13-15)19-6-2-3-9-34-19)21-18(33-10-7-27)11-16(25)22(26)24(21)30/h11-13,17,19H,2-6,8-10H2,1H3,(H,29,32). The molecule has 3 aromatic rings. The predicted octanol–water partition coefficient (Wildman–Crippen LogP) is 5.38. The summed E-state index contributed by atoms with van der Waals surface area (Å²) in [6.07, 6.45) is 8.39. The Kier molecular flexibility index (Phi) is 6.43. The van der Waals surface area contributed by atoms with Crippen molar-refractivity contribution in [1.82, 2.24) is 19.7 Å². The summed E-state index contributed by atoms with van der Waals surface area (Å²) in [6.45, 7) is 2.83. The van der Waals surface area contributed by atoms with Crippen LogP contribution in [0.25, 0.3) is 22.0 Å². The Morgan fingerprint density at radius 2 is 2.21 bits per heavy atom. The van der Waals surface area contributed by atoms with E-state index >= 15 is 0 Å². The highest BCUT2D eigenvalue weighted by atomic mass is 35.5. The first kappa shape index (κ1) is 23.0. The maximum Gasteiger partial charge on any atom is 0.217 e. The molecule has 2 atom stereocenters. The molecule has 2 aliphatic heterocycles. The van der Waals surface area contributed by atoms with Gasteiger partial charge in [-0.05, 0) is 32.1 Å². The van der Waals surface area contributed by atoms with Crippen molar-refractivity contribution in [3.63, 3.8) is 0 Å². The maximum atomic E-state index is 12.1. The van der Waals surface area contributed by atoms with Crippen LogP contribution in [0.3, 0.4) is 0 Å². The van der Waals surface area contributed by atoms with E-state index in [1.807, 2.05) is 23.1 Å². The lowest BCUT2D eigenvalue weighted by Gasteiger charge is -2.27. The van der Waals surface area contributed by atoms with Crippen LogP contribution in [0.2, 0.25) is 10.0 Å². The first-order chi connectivity index (χ1) is 16.5. The number of carbonyl (C=O) groups is 1. The third-order valence-corrected chi connectivity index (χ3v) is 7.22. The SMILES string of the molecule is CC(=O)NC1CCCn2c1c(-c1cnn(C3CCCCO3)c1)c1c(OCC#N)cc(Cl)c(Cl)c12. The van der Waals surface area contributed by atoms with E-state index in [0.29, 0.717) is 15.8 Å². The van der Waals surface area contributed by atoms with Crippen molar-refractivity contribution in [2.45, 2.75) is 57.8 Å². The second-order valence-electron chi connectivity index (χ2n) is 8.68. The Bertz CT molecular complexity index is 1290. The fraction of sp³-hybridized carbons (Fsp3) is 0.458. The Labute approximate surface area is 207 Å². The van der Waals surface area contributed by atoms with E-state index in [1.165, 1.54) is 6.92 Å². The van der Waals surface area contributed by atoms with Gasteiger partial charge in [-0.1, -0.05) is 23.2 Å². The number of aromatic nitrogens is 3. The van der Waals surface area contributed by atoms with Crippen LogP contribution < -0.4 is 10.1 Å². The number of carbonyl (C=O) groups excluding carboxylic acids is 1. The first-order valence-electron chi connectivity index (χ1n) is 11.5. The molecule has 4 heterocycles. The lowest BCUT2D eigenvalue weighted by molar-refractivity contribution is -0.119. The average molecular weight is 502 g/mol. The molecule has 1 saturated heterocycles. The van der Waals surface area contributed by atoms with E-state index < -0.39 is 0 Å². The number of hydrogen-bond donors (Lipinski definition) is 1. The van der Waals surface area contributed by atoms with Gasteiger partial charge in [0.2, 0.25) is 5.91 Å². The Balaban J connectivity index is 1.77. The minimum absolute atomic E-state index is 0.106. The number of hydrogen-bond acceptors (Lipinski definition) is 5. The van der Waals surface area contributed by atoms with Gasteiger partial charge in [0.15, 0.2) is 6.61 Å². The molecule has 0 bridgehead atoms. The summed E-state index contributed by atoms with van der Waals surface area (Å²) in [5, 5.41) is 18.4. The summed E-state index contributed by atoms with van der Waals surface area (Å²) in [4.78, 5) is 12.1. The lowest BCUT2D eigenvalue weighted by Crippen LogP contribution is -2.31. The number of nitriles is 1. The van der Waals surface area contributed by atoms with E-state index in [9.17, 15) is 4.79 Å². The molecule has 1 N–H and O–H groups in total. The number of nitrogens with one attached hydrogen (secondary N) is 1. The number of aryl methyl sites for hydroxylation is 1. The monoisotopic (exact) mass is 501 g/mol. The highest BCUT2D eigenvalue weighted by Gasteiger charge is 2.33. The molecule has 1 fully saturated rings. The van der Waals surface area contributed by atoms with Crippen molar-refractivity contribution >= 4 is 40.0 Å². The van der Waals surface area contributed by atoms with Gasteiger partial charge in [-0.15, -0.1) is 0 Å². The minimum Gasteiger partial charge on any atom is -0.478 e. The summed E-state index contributed by atoms with van der Waals surface area (Å²) in [5.41, 5.74) is 3.42. The van der Waals surface area contributed by atoms with Crippen molar-refractivity contribution < 1.29 is 14.3 Å². The molecule has 2 aliphatic rings. The molecule has 5 rings (SSSR count). The van der Waals surface area contributed by atoms with Gasteiger partial charge in [-0.25, -0.2) is 4.68 Å². The normalized spacial score (nSPS) is 20.1. The fourth-order valence-electron chi connectivity index (χ4n) is 5.11.